The van der Waals surface area contributed by atoms with E-state index < -0.39 is 227 Å². The lowest BCUT2D eigenvalue weighted by molar-refractivity contribution is -0.218. The van der Waals surface area contributed by atoms with Crippen LogP contribution < -0.4 is 44.2 Å². The zero-order valence-corrected chi connectivity index (χ0v) is 76.1. The highest BCUT2D eigenvalue weighted by Crippen LogP contribution is 2.59. The first kappa shape index (κ1) is 93.8. The topological polar surface area (TPSA) is 756 Å². The summed E-state index contributed by atoms with van der Waals surface area (Å²) < 4.78 is 171. The van der Waals surface area contributed by atoms with E-state index >= 15 is 13.2 Å². The molecule has 21 heterocycles. The number of nitrogens with zero attached hydrogens (tertiary/aromatic N) is 23. The minimum Gasteiger partial charge on any atom is -0.780 e. The lowest BCUT2D eigenvalue weighted by Crippen LogP contribution is -2.39. The number of halogens is 3. The average molecular weight is 2070 g/mol. The molecular formula is C61H67F3N29O27P6S6-3. The standard InChI is InChI=1S/C21H24FN9O9P2S2.2C20H23FN10O9P2S2/c22-11-15-9(37-20(11)30-6-28-12-8(23)1-2-25-18(12)30)3-35-42(34,44)40-16-10(4-36-41(33,43)39-15)38-21(14(16)32)31-7-29-13-17(24)26-5-27-19(13)31;2*21-9-13-7(37-19(9)30-5-28-10-15(22)24-3-26-17(10)30)1-35-42(34,44)40-14-8(2-36-41(33,43)39-13)38-20(12(14)32)31-6-29-11-16(23)25-4-27-18(11)31/h1-2,5-7,9-11,14-16,20-21,32H,3-4H2,(H2,23,25)(H,33,43)(H,34,44)(H2,24,26,27);2*3-9,12-14,19-20,32H,1-2H2,(H,33,43)(H,34,44)(H2,22,24,26)(H2,23,25,27)/p-3/t9-,10-,11-,14-,15-,16-,20-,21-,41?,42?;2*7-,8-,9-,12-,13-,14-,19-,20-,41?,42?/m111/s1. The van der Waals surface area contributed by atoms with Gasteiger partial charge in [0.05, 0.1) is 83.3 Å². The minimum atomic E-state index is -4.45. The second-order valence-electron chi connectivity index (χ2n) is 29.8. The third-order valence-electron chi connectivity index (χ3n) is 21.7. The molecule has 0 spiro atoms. The number of nitrogens with two attached hydrogens (primary N) is 6. The van der Waals surface area contributed by atoms with E-state index in [0.717, 1.165) is 0 Å². The van der Waals surface area contributed by atoms with Gasteiger partial charge in [-0.1, -0.05) is 23.6 Å². The maximum atomic E-state index is 16.0. The molecule has 12 aromatic heterocycles. The molecule has 132 heavy (non-hydrogen) atoms. The zero-order chi connectivity index (χ0) is 92.9. The number of aliphatic hydroxyl groups is 3. The Labute approximate surface area is 764 Å². The van der Waals surface area contributed by atoms with Crippen molar-refractivity contribution in [3.05, 3.63) is 81.9 Å². The summed E-state index contributed by atoms with van der Waals surface area (Å²) in [5.41, 5.74) is 38.2. The minimum absolute atomic E-state index is 0.0608. The number of aromatic nitrogens is 23. The summed E-state index contributed by atoms with van der Waals surface area (Å²) in [4.78, 5) is 129. The maximum Gasteiger partial charge on any atom is 0.325 e. The van der Waals surface area contributed by atoms with Gasteiger partial charge in [-0.15, -0.1) is 0 Å². The fourth-order valence-corrected chi connectivity index (χ4v) is 24.3. The highest BCUT2D eigenvalue weighted by atomic mass is 32.7. The first-order chi connectivity index (χ1) is 62.8. The van der Waals surface area contributed by atoms with Gasteiger partial charge in [0.1, 0.15) is 170 Å². The summed E-state index contributed by atoms with van der Waals surface area (Å²) in [5.74, 6) is 0.404. The summed E-state index contributed by atoms with van der Waals surface area (Å²) in [6.45, 7) is -29.3. The Kier molecular flexibility index (Phi) is 25.8. The van der Waals surface area contributed by atoms with Gasteiger partial charge >= 0.3 is 20.2 Å². The molecule has 21 rings (SSSR count). The Balaban J connectivity index is 0.000000128. The molecule has 0 saturated carbocycles. The third-order valence-corrected chi connectivity index (χ3v) is 31.0. The first-order valence-corrected chi connectivity index (χ1v) is 53.7. The van der Waals surface area contributed by atoms with Gasteiger partial charge in [-0.05, 0) is 41.5 Å². The van der Waals surface area contributed by atoms with Gasteiger partial charge in [0.15, 0.2) is 126 Å². The second kappa shape index (κ2) is 36.3. The van der Waals surface area contributed by atoms with E-state index in [2.05, 4.69) is 84.7 Å². The third kappa shape index (κ3) is 18.1. The Morgan fingerprint density at radius 1 is 0.341 bits per heavy atom. The molecule has 71 heteroatoms. The summed E-state index contributed by atoms with van der Waals surface area (Å²) in [5, 5.41) is 33.7. The fraction of sp³-hybridized carbons (Fsp3) is 0.492. The van der Waals surface area contributed by atoms with Gasteiger partial charge in [-0.2, -0.15) is 0 Å². The van der Waals surface area contributed by atoms with Crippen LogP contribution in [0, 0.1) is 0 Å². The molecule has 9 fully saturated rings. The summed E-state index contributed by atoms with van der Waals surface area (Å²) in [6.07, 6.45) is -19.9. The molecule has 0 aliphatic carbocycles. The molecule has 18 N–H and O–H groups in total. The summed E-state index contributed by atoms with van der Waals surface area (Å²) in [6, 6.07) is 1.53. The fourth-order valence-electron chi connectivity index (χ4n) is 15.7. The molecule has 6 unspecified atom stereocenters. The number of hydrogen-bond acceptors (Lipinski definition) is 53. The molecular weight excluding hydrogens is 2010 g/mol. The van der Waals surface area contributed by atoms with E-state index in [9.17, 15) is 44.4 Å². The van der Waals surface area contributed by atoms with Crippen LogP contribution in [0.15, 0.2) is 81.9 Å². The van der Waals surface area contributed by atoms with Crippen molar-refractivity contribution in [2.75, 3.05) is 74.0 Å². The van der Waals surface area contributed by atoms with E-state index in [-0.39, 0.29) is 90.6 Å². The Morgan fingerprint density at radius 2 is 0.583 bits per heavy atom. The summed E-state index contributed by atoms with van der Waals surface area (Å²) >= 11 is 30.9. The molecule has 0 radical (unpaired) electrons. The Hall–Kier alpha value is -7.25. The van der Waals surface area contributed by atoms with Crippen LogP contribution >= 0.6 is 40.4 Å². The number of aliphatic hydroxyl groups excluding tert-OH is 3. The van der Waals surface area contributed by atoms with Crippen LogP contribution in [0.3, 0.4) is 0 Å². The number of anilines is 6. The molecule has 56 nitrogen and oxygen atoms in total. The van der Waals surface area contributed by atoms with Crippen molar-refractivity contribution in [3.63, 3.8) is 0 Å². The van der Waals surface area contributed by atoms with Gasteiger partial charge < -0.3 is 156 Å². The maximum absolute atomic E-state index is 16.0. The van der Waals surface area contributed by atoms with Crippen LogP contribution in [0.1, 0.15) is 37.4 Å². The van der Waals surface area contributed by atoms with Gasteiger partial charge in [-0.25, -0.2) is 97.9 Å². The van der Waals surface area contributed by atoms with Crippen LogP contribution in [0.2, 0.25) is 0 Å². The van der Waals surface area contributed by atoms with Crippen LogP contribution in [0.4, 0.5) is 47.9 Å². The molecule has 12 aromatic rings. The molecule has 30 atom stereocenters. The van der Waals surface area contributed by atoms with E-state index in [4.69, 9.17) is 188 Å². The highest BCUT2D eigenvalue weighted by molar-refractivity contribution is 8.32. The van der Waals surface area contributed by atoms with Crippen molar-refractivity contribution in [1.29, 1.82) is 0 Å². The lowest BCUT2D eigenvalue weighted by atomic mass is 10.1. The van der Waals surface area contributed by atoms with Crippen molar-refractivity contribution in [2.24, 2.45) is 0 Å². The largest absolute Gasteiger partial charge is 0.780 e. The Morgan fingerprint density at radius 3 is 0.886 bits per heavy atom. The van der Waals surface area contributed by atoms with Crippen LogP contribution in [-0.2, 0) is 159 Å². The monoisotopic (exact) mass is 2070 g/mol. The number of rotatable bonds is 6. The van der Waals surface area contributed by atoms with Crippen molar-refractivity contribution in [3.8, 4) is 0 Å². The zero-order valence-electron chi connectivity index (χ0n) is 65.9. The molecule has 9 aliphatic heterocycles. The van der Waals surface area contributed by atoms with E-state index in [0.29, 0.717) is 11.2 Å². The normalized spacial score (nSPS) is 38.3. The molecule has 9 saturated heterocycles. The van der Waals surface area contributed by atoms with Gasteiger partial charge in [-0.3, -0.25) is 45.5 Å². The smallest absolute Gasteiger partial charge is 0.325 e. The highest BCUT2D eigenvalue weighted by Gasteiger charge is 2.58. The van der Waals surface area contributed by atoms with Crippen molar-refractivity contribution >= 4 is 213 Å². The van der Waals surface area contributed by atoms with Gasteiger partial charge in [0, 0.05) is 6.20 Å². The molecule has 708 valence electrons. The number of fused-ring (bicyclic) bond motifs is 12. The molecule has 9 aliphatic rings. The second-order valence-corrected chi connectivity index (χ2v) is 46.3. The quantitative estimate of drug-likeness (QED) is 0.0666. The van der Waals surface area contributed by atoms with Gasteiger partial charge in [0.2, 0.25) is 0 Å². The number of hydrogen-bond donors (Lipinski definition) is 12. The van der Waals surface area contributed by atoms with Crippen molar-refractivity contribution in [2.45, 2.75) is 147 Å². The predicted octanol–water partition coefficient (Wildman–Crippen LogP) is -1.50. The molecule has 0 amide bonds. The number of alkyl halides is 3. The van der Waals surface area contributed by atoms with Crippen LogP contribution in [0.5, 0.6) is 0 Å². The summed E-state index contributed by atoms with van der Waals surface area (Å²) in [7, 11) is 0. The van der Waals surface area contributed by atoms with Crippen LogP contribution in [-0.4, -0.2) is 292 Å². The van der Waals surface area contributed by atoms with E-state index in [1.165, 1.54) is 109 Å². The molecule has 0 aromatic carbocycles. The SMILES string of the molecule is Nc1ncnc2c1ncn2[C@@H]1O[C@@H]2COP(=O)([S-])O[C@H]3[C@@H](F)[C@H](n4cnc5c(N)ccnc54)O[C@@H]3COP(O)(=S)O[C@H]2[C@H]1O.Nc1ncnc2c1ncn2[C@@H]1O[C@@H]2COP([O-])(=S)O[C@H]3[C@@H](F)[C@H](n4cnc5c(N)ncnc54)O[C@@H]3COP(O)(=S)O[C@H]2[C@H]1O.Nc1ncnc2c1ncn2[C@@H]1O[C@@H]2COP([O-])(=S)O[C@H]3[C@@H](F)[C@H](n4cnc5c(N)ncnc54)O[C@@H]3COP(O)(=S)O[C@H]2[C@H]1O. The number of imidazole rings is 6. The van der Waals surface area contributed by atoms with Crippen LogP contribution in [0.25, 0.3) is 67.0 Å². The lowest BCUT2D eigenvalue weighted by Gasteiger charge is -2.35. The first-order valence-electron chi connectivity index (χ1n) is 38.3. The van der Waals surface area contributed by atoms with E-state index in [1.54, 1.807) is 0 Å². The average Bonchev–Trinajstić information content (AvgIpc) is 1.62. The predicted molar refractivity (Wildman–Crippen MR) is 455 cm³/mol. The van der Waals surface area contributed by atoms with E-state index in [1.807, 2.05) is 0 Å². The number of pyridine rings is 1. The number of nitrogen functional groups attached to an aromatic ring is 6. The molecule has 0 bridgehead atoms. The van der Waals surface area contributed by atoms with Gasteiger partial charge in [0.25, 0.3) is 0 Å². The van der Waals surface area contributed by atoms with Crippen molar-refractivity contribution in [1.82, 2.24) is 112 Å². The Bertz CT molecular complexity index is 5740. The number of ether oxygens (including phenoxy) is 6. The van der Waals surface area contributed by atoms with Crippen molar-refractivity contribution < 1.29 is 140 Å².